The number of aromatic nitrogens is 1. The van der Waals surface area contributed by atoms with E-state index in [1.54, 1.807) is 12.1 Å². The van der Waals surface area contributed by atoms with Crippen molar-refractivity contribution in [2.75, 3.05) is 5.73 Å². The number of benzene rings is 1. The number of nitrogens with two attached hydrogens (primary N) is 1. The third-order valence-electron chi connectivity index (χ3n) is 3.62. The lowest BCUT2D eigenvalue weighted by molar-refractivity contribution is 0.411. The van der Waals surface area contributed by atoms with E-state index in [0.29, 0.717) is 21.5 Å². The van der Waals surface area contributed by atoms with Crippen molar-refractivity contribution >= 4 is 29.1 Å². The van der Waals surface area contributed by atoms with Gasteiger partial charge in [0.15, 0.2) is 0 Å². The second-order valence-electron chi connectivity index (χ2n) is 5.18. The van der Waals surface area contributed by atoms with Crippen LogP contribution in [0, 0.1) is 0 Å². The third kappa shape index (κ3) is 3.35. The maximum absolute atomic E-state index is 6.31. The Morgan fingerprint density at radius 2 is 1.67 bits per heavy atom. The molecule has 0 amide bonds. The minimum Gasteiger partial charge on any atom is -0.367 e. The number of anilines is 1. The van der Waals surface area contributed by atoms with Crippen LogP contribution in [0.25, 0.3) is 11.1 Å². The Kier molecular flexibility index (Phi) is 5.54. The highest BCUT2D eigenvalue weighted by Crippen LogP contribution is 2.43. The molecular formula is C16H20Cl2N2O. The smallest absolute Gasteiger partial charge is 0.230 e. The first-order valence-corrected chi connectivity index (χ1v) is 8.05. The topological polar surface area (TPSA) is 52.0 Å². The number of hydrogen-bond donors (Lipinski definition) is 1. The Balaban J connectivity index is 2.56. The molecule has 1 aromatic carbocycles. The molecule has 21 heavy (non-hydrogen) atoms. The van der Waals surface area contributed by atoms with E-state index in [4.69, 9.17) is 33.5 Å². The van der Waals surface area contributed by atoms with E-state index in [1.807, 2.05) is 6.07 Å². The highest BCUT2D eigenvalue weighted by Gasteiger charge is 2.25. The summed E-state index contributed by atoms with van der Waals surface area (Å²) in [5, 5.41) is 5.32. The molecule has 2 rings (SSSR count). The molecule has 0 aliphatic rings. The molecular weight excluding hydrogens is 307 g/mol. The average Bonchev–Trinajstić information content (AvgIpc) is 2.81. The zero-order valence-corrected chi connectivity index (χ0v) is 13.8. The normalized spacial score (nSPS) is 11.3. The van der Waals surface area contributed by atoms with E-state index in [1.165, 1.54) is 0 Å². The van der Waals surface area contributed by atoms with Crippen molar-refractivity contribution < 1.29 is 4.52 Å². The lowest BCUT2D eigenvalue weighted by Gasteiger charge is -2.15. The Morgan fingerprint density at radius 3 is 2.19 bits per heavy atom. The van der Waals surface area contributed by atoms with Gasteiger partial charge in [-0.1, -0.05) is 61.1 Å². The standard InChI is InChI=1S/C16H20Cl2N2O/c1-3-6-10(7-4-2)15-14(16(19)21-20-15)13-11(17)8-5-9-12(13)18/h5,8-10H,3-4,6-7,19H2,1-2H3. The zero-order valence-electron chi connectivity index (χ0n) is 12.3. The van der Waals surface area contributed by atoms with Gasteiger partial charge in [0.2, 0.25) is 5.88 Å². The Bertz CT molecular complexity index is 584. The van der Waals surface area contributed by atoms with Gasteiger partial charge in [0.25, 0.3) is 0 Å². The van der Waals surface area contributed by atoms with E-state index >= 15 is 0 Å². The van der Waals surface area contributed by atoms with Crippen molar-refractivity contribution in [3.63, 3.8) is 0 Å². The van der Waals surface area contributed by atoms with Gasteiger partial charge in [0.1, 0.15) is 0 Å². The molecule has 0 spiro atoms. The highest BCUT2D eigenvalue weighted by molar-refractivity contribution is 6.39. The molecule has 0 unspecified atom stereocenters. The summed E-state index contributed by atoms with van der Waals surface area (Å²) in [5.41, 5.74) is 8.32. The van der Waals surface area contributed by atoms with E-state index in [-0.39, 0.29) is 5.88 Å². The quantitative estimate of drug-likeness (QED) is 0.717. The molecule has 3 nitrogen and oxygen atoms in total. The first kappa shape index (κ1) is 16.2. The molecule has 114 valence electrons. The molecule has 5 heteroatoms. The van der Waals surface area contributed by atoms with Crippen LogP contribution >= 0.6 is 23.2 Å². The lowest BCUT2D eigenvalue weighted by atomic mass is 9.90. The molecule has 0 radical (unpaired) electrons. The molecule has 0 atom stereocenters. The van der Waals surface area contributed by atoms with Gasteiger partial charge in [-0.05, 0) is 25.0 Å². The second-order valence-corrected chi connectivity index (χ2v) is 5.99. The van der Waals surface area contributed by atoms with Crippen molar-refractivity contribution in [1.82, 2.24) is 5.16 Å². The fourth-order valence-corrected chi connectivity index (χ4v) is 3.28. The summed E-state index contributed by atoms with van der Waals surface area (Å²) >= 11 is 12.6. The van der Waals surface area contributed by atoms with E-state index < -0.39 is 0 Å². The lowest BCUT2D eigenvalue weighted by Crippen LogP contribution is -2.02. The van der Waals surface area contributed by atoms with Crippen LogP contribution in [0.1, 0.15) is 51.1 Å². The van der Waals surface area contributed by atoms with Crippen LogP contribution in [0.4, 0.5) is 5.88 Å². The van der Waals surface area contributed by atoms with Gasteiger partial charge in [0, 0.05) is 11.5 Å². The SMILES string of the molecule is CCCC(CCC)c1noc(N)c1-c1c(Cl)cccc1Cl. The van der Waals surface area contributed by atoms with Gasteiger partial charge in [-0.3, -0.25) is 0 Å². The Labute approximate surface area is 135 Å². The average molecular weight is 327 g/mol. The van der Waals surface area contributed by atoms with Crippen molar-refractivity contribution in [3.05, 3.63) is 33.9 Å². The largest absolute Gasteiger partial charge is 0.367 e. The Morgan fingerprint density at radius 1 is 1.10 bits per heavy atom. The monoisotopic (exact) mass is 326 g/mol. The molecule has 0 aliphatic heterocycles. The van der Waals surface area contributed by atoms with Crippen molar-refractivity contribution in [3.8, 4) is 11.1 Å². The molecule has 1 aromatic heterocycles. The predicted molar refractivity (Wildman–Crippen MR) is 88.9 cm³/mol. The minimum atomic E-state index is 0.275. The van der Waals surface area contributed by atoms with E-state index in [0.717, 1.165) is 36.9 Å². The third-order valence-corrected chi connectivity index (χ3v) is 4.25. The molecule has 0 saturated carbocycles. The second kappa shape index (κ2) is 7.19. The number of hydrogen-bond acceptors (Lipinski definition) is 3. The van der Waals surface area contributed by atoms with Crippen molar-refractivity contribution in [2.24, 2.45) is 0 Å². The van der Waals surface area contributed by atoms with Crippen LogP contribution in [-0.2, 0) is 0 Å². The van der Waals surface area contributed by atoms with Crippen LogP contribution in [-0.4, -0.2) is 5.16 Å². The number of nitrogens with zero attached hydrogens (tertiary/aromatic N) is 1. The summed E-state index contributed by atoms with van der Waals surface area (Å²) in [6.07, 6.45) is 4.23. The first-order chi connectivity index (χ1) is 10.1. The summed E-state index contributed by atoms with van der Waals surface area (Å²) in [6.45, 7) is 4.32. The zero-order chi connectivity index (χ0) is 15.4. The number of rotatable bonds is 6. The first-order valence-electron chi connectivity index (χ1n) is 7.29. The van der Waals surface area contributed by atoms with Crippen LogP contribution in [0.3, 0.4) is 0 Å². The van der Waals surface area contributed by atoms with Gasteiger partial charge in [-0.25, -0.2) is 0 Å². The van der Waals surface area contributed by atoms with Gasteiger partial charge in [0.05, 0.1) is 21.3 Å². The molecule has 0 aliphatic carbocycles. The fraction of sp³-hybridized carbons (Fsp3) is 0.438. The van der Waals surface area contributed by atoms with Crippen LogP contribution in [0.2, 0.25) is 10.0 Å². The molecule has 1 heterocycles. The van der Waals surface area contributed by atoms with Crippen LogP contribution < -0.4 is 5.73 Å². The molecule has 0 fully saturated rings. The maximum Gasteiger partial charge on any atom is 0.230 e. The minimum absolute atomic E-state index is 0.275. The van der Waals surface area contributed by atoms with Crippen LogP contribution in [0.5, 0.6) is 0 Å². The number of halogens is 2. The Hall–Kier alpha value is -1.19. The number of nitrogen functional groups attached to an aromatic ring is 1. The van der Waals surface area contributed by atoms with E-state index in [2.05, 4.69) is 19.0 Å². The maximum atomic E-state index is 6.31. The van der Waals surface area contributed by atoms with Gasteiger partial charge in [-0.2, -0.15) is 0 Å². The van der Waals surface area contributed by atoms with Crippen LogP contribution in [0.15, 0.2) is 22.7 Å². The summed E-state index contributed by atoms with van der Waals surface area (Å²) < 4.78 is 5.24. The van der Waals surface area contributed by atoms with Crippen molar-refractivity contribution in [1.29, 1.82) is 0 Å². The van der Waals surface area contributed by atoms with E-state index in [9.17, 15) is 0 Å². The summed E-state index contributed by atoms with van der Waals surface area (Å²) in [4.78, 5) is 0. The summed E-state index contributed by atoms with van der Waals surface area (Å²) in [5.74, 6) is 0.584. The predicted octanol–water partition coefficient (Wildman–Crippen LogP) is 5.91. The molecule has 2 aromatic rings. The van der Waals surface area contributed by atoms with Gasteiger partial charge in [-0.15, -0.1) is 0 Å². The molecule has 0 saturated heterocycles. The van der Waals surface area contributed by atoms with Gasteiger partial charge >= 0.3 is 0 Å². The fourth-order valence-electron chi connectivity index (χ4n) is 2.70. The summed E-state index contributed by atoms with van der Waals surface area (Å²) in [7, 11) is 0. The molecule has 2 N–H and O–H groups in total. The highest BCUT2D eigenvalue weighted by atomic mass is 35.5. The van der Waals surface area contributed by atoms with Gasteiger partial charge < -0.3 is 10.3 Å². The summed E-state index contributed by atoms with van der Waals surface area (Å²) in [6, 6.07) is 5.41. The molecule has 0 bridgehead atoms. The van der Waals surface area contributed by atoms with Crippen molar-refractivity contribution in [2.45, 2.75) is 45.4 Å².